The van der Waals surface area contributed by atoms with Crippen molar-refractivity contribution in [3.05, 3.63) is 54.0 Å². The summed E-state index contributed by atoms with van der Waals surface area (Å²) in [6.45, 7) is 6.02. The van der Waals surface area contributed by atoms with E-state index in [1.165, 1.54) is 6.20 Å². The fourth-order valence-electron chi connectivity index (χ4n) is 4.64. The summed E-state index contributed by atoms with van der Waals surface area (Å²) in [6, 6.07) is 9.63. The Kier molecular flexibility index (Phi) is 7.53. The molecule has 0 saturated heterocycles. The zero-order valence-corrected chi connectivity index (χ0v) is 20.5. The minimum atomic E-state index is -1.44. The molecule has 0 spiro atoms. The van der Waals surface area contributed by atoms with E-state index >= 15 is 0 Å². The number of H-pyrrole nitrogens is 1. The van der Waals surface area contributed by atoms with Crippen molar-refractivity contribution in [3.8, 4) is 11.4 Å². The first kappa shape index (κ1) is 24.5. The topological polar surface area (TPSA) is 113 Å². The molecule has 1 aromatic carbocycles. The number of carboxylic acid groups (broad SMARTS) is 1. The minimum absolute atomic E-state index is 0.0263. The van der Waals surface area contributed by atoms with Crippen molar-refractivity contribution in [3.63, 3.8) is 0 Å². The van der Waals surface area contributed by atoms with Crippen molar-refractivity contribution in [1.29, 1.82) is 0 Å². The van der Waals surface area contributed by atoms with Crippen LogP contribution in [0.1, 0.15) is 57.7 Å². The SMILES string of the molecule is CC1CCC(C(=O)N(c2nn(-c3ccc(CCc4ccn[nH]4)cc3)cc2OC(=O)O)C(C)C)CC1. The molecule has 0 unspecified atom stereocenters. The molecule has 0 radical (unpaired) electrons. The van der Waals surface area contributed by atoms with E-state index in [4.69, 9.17) is 4.74 Å². The number of aromatic amines is 1. The third-order valence-corrected chi connectivity index (χ3v) is 6.65. The van der Waals surface area contributed by atoms with Crippen LogP contribution >= 0.6 is 0 Å². The first-order valence-corrected chi connectivity index (χ1v) is 12.2. The van der Waals surface area contributed by atoms with Crippen LogP contribution in [0.2, 0.25) is 0 Å². The van der Waals surface area contributed by atoms with Crippen molar-refractivity contribution >= 4 is 17.9 Å². The van der Waals surface area contributed by atoms with Crippen LogP contribution in [0.25, 0.3) is 5.69 Å². The van der Waals surface area contributed by atoms with E-state index in [0.29, 0.717) is 5.92 Å². The van der Waals surface area contributed by atoms with Gasteiger partial charge in [-0.1, -0.05) is 19.1 Å². The maximum Gasteiger partial charge on any atom is 0.511 e. The Balaban J connectivity index is 1.58. The minimum Gasteiger partial charge on any atom is -0.449 e. The van der Waals surface area contributed by atoms with Crippen LogP contribution in [-0.2, 0) is 17.6 Å². The monoisotopic (exact) mass is 479 g/mol. The Morgan fingerprint density at radius 1 is 1.14 bits per heavy atom. The molecule has 2 heterocycles. The van der Waals surface area contributed by atoms with E-state index in [2.05, 4.69) is 22.2 Å². The molecule has 186 valence electrons. The predicted molar refractivity (Wildman–Crippen MR) is 132 cm³/mol. The van der Waals surface area contributed by atoms with Gasteiger partial charge in [-0.3, -0.25) is 14.8 Å². The van der Waals surface area contributed by atoms with E-state index in [1.807, 2.05) is 44.2 Å². The molecule has 2 aromatic heterocycles. The highest BCUT2D eigenvalue weighted by Crippen LogP contribution is 2.35. The Hall–Kier alpha value is -3.62. The Bertz CT molecular complexity index is 1130. The molecule has 0 aliphatic heterocycles. The molecule has 0 bridgehead atoms. The lowest BCUT2D eigenvalue weighted by Gasteiger charge is -2.32. The van der Waals surface area contributed by atoms with Gasteiger partial charge in [0.05, 0.1) is 11.9 Å². The average molecular weight is 480 g/mol. The molecule has 35 heavy (non-hydrogen) atoms. The van der Waals surface area contributed by atoms with Gasteiger partial charge in [-0.25, -0.2) is 9.48 Å². The highest BCUT2D eigenvalue weighted by atomic mass is 16.7. The number of aryl methyl sites for hydroxylation is 2. The first-order chi connectivity index (χ1) is 16.8. The van der Waals surface area contributed by atoms with Crippen LogP contribution in [0.3, 0.4) is 0 Å². The Morgan fingerprint density at radius 3 is 2.46 bits per heavy atom. The van der Waals surface area contributed by atoms with Gasteiger partial charge in [-0.05, 0) is 82.1 Å². The van der Waals surface area contributed by atoms with Crippen molar-refractivity contribution in [2.75, 3.05) is 4.90 Å². The van der Waals surface area contributed by atoms with E-state index in [1.54, 1.807) is 15.8 Å². The van der Waals surface area contributed by atoms with Crippen molar-refractivity contribution < 1.29 is 19.4 Å². The molecule has 1 aliphatic rings. The molecule has 1 amide bonds. The molecule has 1 aliphatic carbocycles. The normalized spacial score (nSPS) is 17.9. The highest BCUT2D eigenvalue weighted by Gasteiger charge is 2.34. The van der Waals surface area contributed by atoms with Crippen molar-refractivity contribution in [1.82, 2.24) is 20.0 Å². The number of amides is 1. The molecule has 1 saturated carbocycles. The van der Waals surface area contributed by atoms with Crippen LogP contribution in [0, 0.1) is 11.8 Å². The van der Waals surface area contributed by atoms with Gasteiger partial charge in [0.1, 0.15) is 0 Å². The molecule has 0 atom stereocenters. The summed E-state index contributed by atoms with van der Waals surface area (Å²) in [5, 5.41) is 20.9. The zero-order chi connectivity index (χ0) is 24.9. The molecule has 2 N–H and O–H groups in total. The standard InChI is InChI=1S/C26H33N5O4/c1-17(2)31(25(32)20-9-4-18(3)5-10-20)24-23(35-26(33)34)16-30(29-24)22-12-7-19(8-13-22)6-11-21-14-15-27-28-21/h7-8,12-18,20H,4-6,9-11H2,1-3H3,(H,27,28)(H,33,34). The number of ether oxygens (including phenoxy) is 1. The second-order valence-electron chi connectivity index (χ2n) is 9.64. The van der Waals surface area contributed by atoms with E-state index in [0.717, 1.165) is 55.5 Å². The maximum absolute atomic E-state index is 13.5. The van der Waals surface area contributed by atoms with Gasteiger partial charge in [-0.15, -0.1) is 5.10 Å². The third-order valence-electron chi connectivity index (χ3n) is 6.65. The number of hydrogen-bond acceptors (Lipinski definition) is 5. The average Bonchev–Trinajstić information content (AvgIpc) is 3.49. The van der Waals surface area contributed by atoms with Gasteiger partial charge >= 0.3 is 6.16 Å². The number of hydrogen-bond donors (Lipinski definition) is 2. The van der Waals surface area contributed by atoms with Crippen LogP contribution in [-0.4, -0.2) is 43.2 Å². The first-order valence-electron chi connectivity index (χ1n) is 12.2. The van der Waals surface area contributed by atoms with E-state index in [9.17, 15) is 14.7 Å². The highest BCUT2D eigenvalue weighted by molar-refractivity contribution is 5.96. The summed E-state index contributed by atoms with van der Waals surface area (Å²) in [5.41, 5.74) is 2.98. The summed E-state index contributed by atoms with van der Waals surface area (Å²) in [6.07, 6.45) is 7.23. The van der Waals surface area contributed by atoms with Gasteiger partial charge in [0.15, 0.2) is 5.75 Å². The van der Waals surface area contributed by atoms with Crippen molar-refractivity contribution in [2.24, 2.45) is 11.8 Å². The quantitative estimate of drug-likeness (QED) is 0.439. The molecule has 9 heteroatoms. The van der Waals surface area contributed by atoms with Crippen LogP contribution in [0.4, 0.5) is 10.6 Å². The largest absolute Gasteiger partial charge is 0.511 e. The zero-order valence-electron chi connectivity index (χ0n) is 20.5. The molecule has 9 nitrogen and oxygen atoms in total. The van der Waals surface area contributed by atoms with Gasteiger partial charge in [-0.2, -0.15) is 5.10 Å². The number of aromatic nitrogens is 4. The Morgan fingerprint density at radius 2 is 1.86 bits per heavy atom. The number of nitrogens with one attached hydrogen (secondary N) is 1. The number of carbonyl (C=O) groups excluding carboxylic acids is 1. The molecular formula is C26H33N5O4. The maximum atomic E-state index is 13.5. The van der Waals surface area contributed by atoms with Gasteiger partial charge in [0.2, 0.25) is 11.7 Å². The van der Waals surface area contributed by atoms with Crippen LogP contribution in [0.15, 0.2) is 42.7 Å². The number of anilines is 1. The summed E-state index contributed by atoms with van der Waals surface area (Å²) >= 11 is 0. The molecule has 1 fully saturated rings. The molecular weight excluding hydrogens is 446 g/mol. The summed E-state index contributed by atoms with van der Waals surface area (Å²) < 4.78 is 6.63. The van der Waals surface area contributed by atoms with Gasteiger partial charge in [0.25, 0.3) is 0 Å². The molecule has 4 rings (SSSR count). The number of benzene rings is 1. The summed E-state index contributed by atoms with van der Waals surface area (Å²) in [4.78, 5) is 26.5. The van der Waals surface area contributed by atoms with Crippen molar-refractivity contribution in [2.45, 2.75) is 65.3 Å². The number of carbonyl (C=O) groups is 2. The van der Waals surface area contributed by atoms with Crippen LogP contribution in [0.5, 0.6) is 5.75 Å². The third kappa shape index (κ3) is 5.90. The lowest BCUT2D eigenvalue weighted by Crippen LogP contribution is -2.42. The van der Waals surface area contributed by atoms with Gasteiger partial charge < -0.3 is 9.84 Å². The lowest BCUT2D eigenvalue weighted by atomic mass is 9.82. The smallest absolute Gasteiger partial charge is 0.449 e. The van der Waals surface area contributed by atoms with Gasteiger partial charge in [0, 0.05) is 23.9 Å². The summed E-state index contributed by atoms with van der Waals surface area (Å²) in [7, 11) is 0. The second kappa shape index (κ2) is 10.8. The lowest BCUT2D eigenvalue weighted by molar-refractivity contribution is -0.124. The molecule has 3 aromatic rings. The number of nitrogens with zero attached hydrogens (tertiary/aromatic N) is 4. The Labute approximate surface area is 205 Å². The van der Waals surface area contributed by atoms with E-state index < -0.39 is 6.16 Å². The fraction of sp³-hybridized carbons (Fsp3) is 0.462. The number of rotatable bonds is 8. The fourth-order valence-corrected chi connectivity index (χ4v) is 4.64. The van der Waals surface area contributed by atoms with Crippen LogP contribution < -0.4 is 9.64 Å². The van der Waals surface area contributed by atoms with E-state index in [-0.39, 0.29) is 29.4 Å². The summed E-state index contributed by atoms with van der Waals surface area (Å²) in [5.74, 6) is 0.785. The second-order valence-corrected chi connectivity index (χ2v) is 9.64. The predicted octanol–water partition coefficient (Wildman–Crippen LogP) is 5.01.